The first-order chi connectivity index (χ1) is 15.1. The summed E-state index contributed by atoms with van der Waals surface area (Å²) in [6.45, 7) is 3.20. The summed E-state index contributed by atoms with van der Waals surface area (Å²) in [6.07, 6.45) is 0.834. The van der Waals surface area contributed by atoms with Crippen LogP contribution in [0.2, 0.25) is 0 Å². The van der Waals surface area contributed by atoms with E-state index in [1.54, 1.807) is 25.1 Å². The van der Waals surface area contributed by atoms with Crippen molar-refractivity contribution in [3.63, 3.8) is 0 Å². The predicted octanol–water partition coefficient (Wildman–Crippen LogP) is 5.56. The molecule has 2 aromatic carbocycles. The van der Waals surface area contributed by atoms with E-state index in [1.807, 2.05) is 0 Å². The van der Waals surface area contributed by atoms with Gasteiger partial charge in [0.2, 0.25) is 0 Å². The number of ether oxygens (including phenoxy) is 1. The summed E-state index contributed by atoms with van der Waals surface area (Å²) in [5, 5.41) is 2.70. The van der Waals surface area contributed by atoms with Crippen LogP contribution in [0.15, 0.2) is 58.2 Å². The molecule has 5 nitrogen and oxygen atoms in total. The lowest BCUT2D eigenvalue weighted by molar-refractivity contribution is -0.139. The highest BCUT2D eigenvalue weighted by molar-refractivity contribution is 9.10. The molecule has 0 radical (unpaired) electrons. The Hall–Kier alpha value is -3.25. The number of terminal acetylenes is 1. The summed E-state index contributed by atoms with van der Waals surface area (Å²) < 4.78 is 45.3. The van der Waals surface area contributed by atoms with Crippen LogP contribution in [0.25, 0.3) is 0 Å². The molecule has 32 heavy (non-hydrogen) atoms. The fourth-order valence-corrected chi connectivity index (χ4v) is 4.04. The van der Waals surface area contributed by atoms with Gasteiger partial charge in [-0.05, 0) is 49.7 Å². The smallest absolute Gasteiger partial charge is 0.416 e. The van der Waals surface area contributed by atoms with Gasteiger partial charge in [0, 0.05) is 15.7 Å². The second kappa shape index (κ2) is 9.09. The molecular weight excluding hydrogens is 489 g/mol. The number of carbonyl (C=O) groups is 2. The van der Waals surface area contributed by atoms with Gasteiger partial charge in [-0.2, -0.15) is 13.2 Å². The van der Waals surface area contributed by atoms with E-state index in [0.29, 0.717) is 15.6 Å². The predicted molar refractivity (Wildman–Crippen MR) is 117 cm³/mol. The fraction of sp³-hybridized carbons (Fsp3) is 0.217. The molecular formula is C23H18BrF3N2O3. The number of anilines is 1. The molecule has 1 aliphatic rings. The zero-order chi connectivity index (χ0) is 23.6. The third-order valence-electron chi connectivity index (χ3n) is 4.89. The normalized spacial score (nSPS) is 16.5. The molecule has 166 valence electrons. The molecule has 9 heteroatoms. The summed E-state index contributed by atoms with van der Waals surface area (Å²) in [5.74, 6) is 1.80. The molecule has 0 spiro atoms. The number of halogens is 4. The Morgan fingerprint density at radius 3 is 2.59 bits per heavy atom. The quantitative estimate of drug-likeness (QED) is 0.436. The minimum atomic E-state index is -4.59. The van der Waals surface area contributed by atoms with E-state index in [4.69, 9.17) is 11.2 Å². The average molecular weight is 507 g/mol. The van der Waals surface area contributed by atoms with Gasteiger partial charge in [-0.25, -0.2) is 9.59 Å². The van der Waals surface area contributed by atoms with Crippen molar-refractivity contribution in [2.45, 2.75) is 26.1 Å². The Morgan fingerprint density at radius 2 is 2.00 bits per heavy atom. The number of nitrogens with zero attached hydrogens (tertiary/aromatic N) is 1. The van der Waals surface area contributed by atoms with E-state index in [9.17, 15) is 22.8 Å². The summed E-state index contributed by atoms with van der Waals surface area (Å²) in [4.78, 5) is 26.9. The molecule has 1 atom stereocenters. The van der Waals surface area contributed by atoms with Crippen LogP contribution in [0.3, 0.4) is 0 Å². The Balaban J connectivity index is 2.17. The number of hydrogen-bond donors (Lipinski definition) is 1. The standard InChI is InChI=1S/C23H18BrF3N2O3/c1-4-14-9-10-17(18(24)11-14)20-19(21(30)32-5-2)13(3)29(22(31)28-20)16-8-6-7-15(12-16)23(25,26)27/h1,6-12,20H,5H2,2-3H3,(H,28,31). The number of esters is 1. The maximum atomic E-state index is 13.2. The number of urea groups is 1. The number of alkyl halides is 3. The Bertz CT molecular complexity index is 1150. The fourth-order valence-electron chi connectivity index (χ4n) is 3.43. The molecule has 0 saturated heterocycles. The van der Waals surface area contributed by atoms with Gasteiger partial charge in [0.15, 0.2) is 0 Å². The molecule has 2 aromatic rings. The van der Waals surface area contributed by atoms with Crippen LogP contribution < -0.4 is 10.2 Å². The summed E-state index contributed by atoms with van der Waals surface area (Å²) in [7, 11) is 0. The van der Waals surface area contributed by atoms with Crippen LogP contribution in [0, 0.1) is 12.3 Å². The first-order valence-corrected chi connectivity index (χ1v) is 10.3. The van der Waals surface area contributed by atoms with E-state index in [2.05, 4.69) is 27.2 Å². The lowest BCUT2D eigenvalue weighted by Gasteiger charge is -2.36. The van der Waals surface area contributed by atoms with Gasteiger partial charge < -0.3 is 10.1 Å². The first-order valence-electron chi connectivity index (χ1n) is 9.50. The van der Waals surface area contributed by atoms with Crippen LogP contribution in [0.5, 0.6) is 0 Å². The van der Waals surface area contributed by atoms with Crippen molar-refractivity contribution in [3.8, 4) is 12.3 Å². The van der Waals surface area contributed by atoms with Gasteiger partial charge in [-0.3, -0.25) is 4.90 Å². The van der Waals surface area contributed by atoms with Gasteiger partial charge >= 0.3 is 18.2 Å². The molecule has 0 bridgehead atoms. The minimum Gasteiger partial charge on any atom is -0.463 e. The highest BCUT2D eigenvalue weighted by atomic mass is 79.9. The SMILES string of the molecule is C#Cc1ccc(C2NC(=O)N(c3cccc(C(F)(F)F)c3)C(C)=C2C(=O)OCC)c(Br)c1. The lowest BCUT2D eigenvalue weighted by atomic mass is 9.94. The minimum absolute atomic E-state index is 0.0307. The van der Waals surface area contributed by atoms with E-state index in [0.717, 1.165) is 17.0 Å². The second-order valence-corrected chi connectivity index (χ2v) is 7.72. The van der Waals surface area contributed by atoms with Gasteiger partial charge in [0.25, 0.3) is 0 Å². The van der Waals surface area contributed by atoms with Crippen LogP contribution in [-0.2, 0) is 15.7 Å². The first kappa shape index (κ1) is 23.4. The number of amides is 2. The van der Waals surface area contributed by atoms with Crippen molar-refractivity contribution in [1.82, 2.24) is 5.32 Å². The number of hydrogen-bond acceptors (Lipinski definition) is 3. The van der Waals surface area contributed by atoms with Crippen molar-refractivity contribution in [2.24, 2.45) is 0 Å². The number of rotatable bonds is 4. The van der Waals surface area contributed by atoms with Gasteiger partial charge in [-0.15, -0.1) is 6.42 Å². The number of carbonyl (C=O) groups excluding carboxylic acids is 2. The van der Waals surface area contributed by atoms with Crippen molar-refractivity contribution in [1.29, 1.82) is 0 Å². The molecule has 1 N–H and O–H groups in total. The van der Waals surface area contributed by atoms with E-state index in [1.165, 1.54) is 19.1 Å². The van der Waals surface area contributed by atoms with Crippen LogP contribution in [0.4, 0.5) is 23.7 Å². The van der Waals surface area contributed by atoms with E-state index < -0.39 is 29.8 Å². The Morgan fingerprint density at radius 1 is 1.28 bits per heavy atom. The van der Waals surface area contributed by atoms with Gasteiger partial charge in [-0.1, -0.05) is 34.0 Å². The lowest BCUT2D eigenvalue weighted by Crippen LogP contribution is -2.48. The second-order valence-electron chi connectivity index (χ2n) is 6.87. The van der Waals surface area contributed by atoms with E-state index in [-0.39, 0.29) is 23.6 Å². The molecule has 0 fully saturated rings. The highest BCUT2D eigenvalue weighted by Gasteiger charge is 2.39. The summed E-state index contributed by atoms with van der Waals surface area (Å²) in [5.41, 5.74) is 0.442. The van der Waals surface area contributed by atoms with Crippen LogP contribution >= 0.6 is 15.9 Å². The van der Waals surface area contributed by atoms with Crippen molar-refractivity contribution < 1.29 is 27.5 Å². The Labute approximate surface area is 191 Å². The summed E-state index contributed by atoms with van der Waals surface area (Å²) >= 11 is 3.41. The molecule has 1 unspecified atom stereocenters. The van der Waals surface area contributed by atoms with Crippen molar-refractivity contribution in [3.05, 3.63) is 74.9 Å². The summed E-state index contributed by atoms with van der Waals surface area (Å²) in [6, 6.07) is 7.72. The maximum Gasteiger partial charge on any atom is 0.416 e. The van der Waals surface area contributed by atoms with Crippen molar-refractivity contribution >= 4 is 33.6 Å². The van der Waals surface area contributed by atoms with Crippen LogP contribution in [-0.4, -0.2) is 18.6 Å². The third-order valence-corrected chi connectivity index (χ3v) is 5.58. The van der Waals surface area contributed by atoms with Gasteiger partial charge in [0.05, 0.1) is 29.5 Å². The third kappa shape index (κ3) is 4.50. The topological polar surface area (TPSA) is 58.6 Å². The zero-order valence-electron chi connectivity index (χ0n) is 17.1. The molecule has 0 aromatic heterocycles. The largest absolute Gasteiger partial charge is 0.463 e. The molecule has 3 rings (SSSR count). The van der Waals surface area contributed by atoms with Gasteiger partial charge in [0.1, 0.15) is 0 Å². The molecule has 0 aliphatic carbocycles. The zero-order valence-corrected chi connectivity index (χ0v) is 18.7. The molecule has 2 amide bonds. The number of nitrogens with one attached hydrogen (secondary N) is 1. The van der Waals surface area contributed by atoms with E-state index >= 15 is 0 Å². The number of benzene rings is 2. The molecule has 0 saturated carbocycles. The Kier molecular flexibility index (Phi) is 6.65. The number of allylic oxidation sites excluding steroid dienone is 1. The monoisotopic (exact) mass is 506 g/mol. The average Bonchev–Trinajstić information content (AvgIpc) is 2.73. The molecule has 1 heterocycles. The van der Waals surface area contributed by atoms with Crippen molar-refractivity contribution in [2.75, 3.05) is 11.5 Å². The molecule has 1 aliphatic heterocycles. The maximum absolute atomic E-state index is 13.2. The highest BCUT2D eigenvalue weighted by Crippen LogP contribution is 2.38. The van der Waals surface area contributed by atoms with Crippen LogP contribution in [0.1, 0.15) is 36.6 Å².